The predicted molar refractivity (Wildman–Crippen MR) is 89.8 cm³/mol. The van der Waals surface area contributed by atoms with Crippen molar-refractivity contribution in [2.45, 2.75) is 26.8 Å². The fraction of sp³-hybridized carbons (Fsp3) is 0.312. The Morgan fingerprint density at radius 3 is 2.68 bits per heavy atom. The third-order valence-electron chi connectivity index (χ3n) is 2.93. The summed E-state index contributed by atoms with van der Waals surface area (Å²) in [5.41, 5.74) is 1.65. The summed E-state index contributed by atoms with van der Waals surface area (Å²) >= 11 is 6.16. The molecule has 0 saturated carbocycles. The number of hydrogen-bond acceptors (Lipinski definition) is 5. The van der Waals surface area contributed by atoms with Crippen LogP contribution >= 0.6 is 11.6 Å². The lowest BCUT2D eigenvalue weighted by atomic mass is 10.2. The minimum Gasteiger partial charge on any atom is -0.481 e. The molecular formula is C16H19ClN4O. The van der Waals surface area contributed by atoms with E-state index in [4.69, 9.17) is 16.3 Å². The van der Waals surface area contributed by atoms with Crippen LogP contribution in [0.5, 0.6) is 0 Å². The Bertz CT molecular complexity index is 631. The Labute approximate surface area is 135 Å². The summed E-state index contributed by atoms with van der Waals surface area (Å²) in [4.78, 5) is 12.7. The molecule has 1 aromatic heterocycles. The van der Waals surface area contributed by atoms with Crippen molar-refractivity contribution in [3.05, 3.63) is 47.4 Å². The number of ether oxygens (including phenoxy) is 1. The molecule has 0 amide bonds. The number of aliphatic imine (C=N–C) groups is 1. The molecule has 0 aliphatic carbocycles. The first-order chi connectivity index (χ1) is 10.7. The first-order valence-electron chi connectivity index (χ1n) is 7.23. The summed E-state index contributed by atoms with van der Waals surface area (Å²) in [5, 5.41) is 3.55. The van der Waals surface area contributed by atoms with Gasteiger partial charge in [0, 0.05) is 13.0 Å². The van der Waals surface area contributed by atoms with Crippen molar-refractivity contribution >= 4 is 29.0 Å². The van der Waals surface area contributed by atoms with Gasteiger partial charge in [-0.3, -0.25) is 0 Å². The average Bonchev–Trinajstić information content (AvgIpc) is 2.55. The predicted octanol–water partition coefficient (Wildman–Crippen LogP) is 4.22. The van der Waals surface area contributed by atoms with E-state index in [-0.39, 0.29) is 0 Å². The van der Waals surface area contributed by atoms with Crippen LogP contribution in [0.3, 0.4) is 0 Å². The number of hydrogen-bond donors (Lipinski definition) is 1. The fourth-order valence-corrected chi connectivity index (χ4v) is 2.05. The monoisotopic (exact) mass is 318 g/mol. The Morgan fingerprint density at radius 1 is 1.23 bits per heavy atom. The van der Waals surface area contributed by atoms with E-state index in [0.29, 0.717) is 42.1 Å². The van der Waals surface area contributed by atoms with Crippen LogP contribution in [-0.4, -0.2) is 22.5 Å². The number of rotatable bonds is 6. The molecule has 0 aliphatic rings. The second-order valence-corrected chi connectivity index (χ2v) is 4.85. The van der Waals surface area contributed by atoms with Crippen molar-refractivity contribution < 1.29 is 4.74 Å². The van der Waals surface area contributed by atoms with Crippen LogP contribution in [0, 0.1) is 0 Å². The second-order valence-electron chi connectivity index (χ2n) is 4.49. The van der Waals surface area contributed by atoms with Gasteiger partial charge in [0.25, 0.3) is 0 Å². The van der Waals surface area contributed by atoms with E-state index in [1.165, 1.54) is 6.33 Å². The number of nitrogens with zero attached hydrogens (tertiary/aromatic N) is 3. The van der Waals surface area contributed by atoms with E-state index >= 15 is 0 Å². The minimum absolute atomic E-state index is 0.302. The summed E-state index contributed by atoms with van der Waals surface area (Å²) in [6.07, 6.45) is 2.10. The van der Waals surface area contributed by atoms with Gasteiger partial charge in [0.1, 0.15) is 12.0 Å². The summed E-state index contributed by atoms with van der Waals surface area (Å²) < 4.78 is 5.48. The molecule has 1 N–H and O–H groups in total. The minimum atomic E-state index is 0.302. The number of aromatic nitrogens is 2. The molecule has 0 radical (unpaired) electrons. The molecular weight excluding hydrogens is 300 g/mol. The van der Waals surface area contributed by atoms with Gasteiger partial charge >= 0.3 is 0 Å². The fourth-order valence-electron chi connectivity index (χ4n) is 1.87. The molecule has 0 atom stereocenters. The molecule has 0 unspecified atom stereocenters. The molecule has 5 nitrogen and oxygen atoms in total. The van der Waals surface area contributed by atoms with Crippen molar-refractivity contribution in [2.75, 3.05) is 11.9 Å². The Kier molecular flexibility index (Phi) is 6.15. The highest BCUT2D eigenvalue weighted by Gasteiger charge is 2.10. The highest BCUT2D eigenvalue weighted by molar-refractivity contribution is 6.32. The molecule has 2 aromatic rings. The van der Waals surface area contributed by atoms with Crippen molar-refractivity contribution in [1.82, 2.24) is 9.97 Å². The number of halogens is 1. The summed E-state index contributed by atoms with van der Waals surface area (Å²) in [6.45, 7) is 5.09. The van der Waals surface area contributed by atoms with Crippen LogP contribution in [0.15, 0.2) is 41.7 Å². The van der Waals surface area contributed by atoms with Crippen LogP contribution in [0.4, 0.5) is 11.5 Å². The maximum absolute atomic E-state index is 6.16. The van der Waals surface area contributed by atoms with Crippen molar-refractivity contribution in [2.24, 2.45) is 4.99 Å². The summed E-state index contributed by atoms with van der Waals surface area (Å²) in [5.74, 6) is 1.21. The molecule has 22 heavy (non-hydrogen) atoms. The zero-order valence-corrected chi connectivity index (χ0v) is 13.5. The maximum atomic E-state index is 6.16. The van der Waals surface area contributed by atoms with E-state index in [2.05, 4.69) is 20.3 Å². The molecule has 0 spiro atoms. The van der Waals surface area contributed by atoms with Crippen molar-refractivity contribution in [3.8, 4) is 0 Å². The molecule has 1 heterocycles. The van der Waals surface area contributed by atoms with Gasteiger partial charge in [-0.15, -0.1) is 0 Å². The first-order valence-corrected chi connectivity index (χ1v) is 7.61. The van der Waals surface area contributed by atoms with Crippen LogP contribution in [0.25, 0.3) is 0 Å². The molecule has 116 valence electrons. The van der Waals surface area contributed by atoms with E-state index in [1.807, 2.05) is 44.2 Å². The molecule has 6 heteroatoms. The van der Waals surface area contributed by atoms with E-state index in [0.717, 1.165) is 5.56 Å². The summed E-state index contributed by atoms with van der Waals surface area (Å²) in [7, 11) is 0. The van der Waals surface area contributed by atoms with Crippen LogP contribution < -0.4 is 5.32 Å². The normalized spacial score (nSPS) is 11.3. The van der Waals surface area contributed by atoms with Gasteiger partial charge in [-0.1, -0.05) is 48.9 Å². The zero-order valence-electron chi connectivity index (χ0n) is 12.7. The smallest absolute Gasteiger partial charge is 0.188 e. The van der Waals surface area contributed by atoms with Gasteiger partial charge in [-0.2, -0.15) is 0 Å². The van der Waals surface area contributed by atoms with E-state index in [9.17, 15) is 0 Å². The third-order valence-corrected chi connectivity index (χ3v) is 3.21. The molecule has 0 aliphatic heterocycles. The lowest BCUT2D eigenvalue weighted by Gasteiger charge is -2.10. The topological polar surface area (TPSA) is 59.4 Å². The standard InChI is InChI=1S/C16H19ClN4O/c1-3-13(22-4-2)21-14-15(17)19-11-20-16(14)18-10-12-8-6-5-7-9-12/h5-9,11H,3-4,10H2,1-2H3,(H,18,19,20). The van der Waals surface area contributed by atoms with Crippen LogP contribution in [0.2, 0.25) is 5.15 Å². The maximum Gasteiger partial charge on any atom is 0.188 e. The Hall–Kier alpha value is -2.14. The molecule has 0 fully saturated rings. The average molecular weight is 319 g/mol. The highest BCUT2D eigenvalue weighted by atomic mass is 35.5. The quantitative estimate of drug-likeness (QED) is 0.492. The van der Waals surface area contributed by atoms with E-state index in [1.54, 1.807) is 0 Å². The SMILES string of the molecule is CCOC(CC)=Nc1c(Cl)ncnc1NCc1ccccc1. The Balaban J connectivity index is 2.22. The van der Waals surface area contributed by atoms with Crippen LogP contribution in [-0.2, 0) is 11.3 Å². The lowest BCUT2D eigenvalue weighted by molar-refractivity contribution is 0.319. The van der Waals surface area contributed by atoms with Crippen molar-refractivity contribution in [1.29, 1.82) is 0 Å². The lowest BCUT2D eigenvalue weighted by Crippen LogP contribution is -2.05. The zero-order chi connectivity index (χ0) is 15.8. The Morgan fingerprint density at radius 2 is 2.00 bits per heavy atom. The second kappa shape index (κ2) is 8.34. The van der Waals surface area contributed by atoms with Gasteiger partial charge in [0.05, 0.1) is 6.61 Å². The largest absolute Gasteiger partial charge is 0.481 e. The van der Waals surface area contributed by atoms with Gasteiger partial charge < -0.3 is 10.1 Å². The third kappa shape index (κ3) is 4.43. The van der Waals surface area contributed by atoms with Crippen molar-refractivity contribution in [3.63, 3.8) is 0 Å². The number of nitrogens with one attached hydrogen (secondary N) is 1. The van der Waals surface area contributed by atoms with Crippen LogP contribution in [0.1, 0.15) is 25.8 Å². The first kappa shape index (κ1) is 16.2. The highest BCUT2D eigenvalue weighted by Crippen LogP contribution is 2.30. The summed E-state index contributed by atoms with van der Waals surface area (Å²) in [6, 6.07) is 10.0. The van der Waals surface area contributed by atoms with Gasteiger partial charge in [-0.25, -0.2) is 15.0 Å². The molecule has 2 rings (SSSR count). The molecule has 1 aromatic carbocycles. The van der Waals surface area contributed by atoms with E-state index < -0.39 is 0 Å². The van der Waals surface area contributed by atoms with Gasteiger partial charge in [0.2, 0.25) is 0 Å². The van der Waals surface area contributed by atoms with Gasteiger partial charge in [-0.05, 0) is 12.5 Å². The number of benzene rings is 1. The molecule has 0 saturated heterocycles. The molecule has 0 bridgehead atoms. The number of anilines is 1. The van der Waals surface area contributed by atoms with Gasteiger partial charge in [0.15, 0.2) is 16.9 Å².